The summed E-state index contributed by atoms with van der Waals surface area (Å²) in [6.07, 6.45) is 0.856. The second-order valence-corrected chi connectivity index (χ2v) is 7.14. The minimum atomic E-state index is -0.873. The van der Waals surface area contributed by atoms with E-state index in [0.717, 1.165) is 32.6 Å². The second kappa shape index (κ2) is 5.11. The number of carboxylic acid groups (broad SMARTS) is 1. The predicted octanol–water partition coefficient (Wildman–Crippen LogP) is 4.90. The van der Waals surface area contributed by atoms with Crippen LogP contribution in [0.1, 0.15) is 16.1 Å². The number of aryl methyl sites for hydroxylation is 1. The average Bonchev–Trinajstić information content (AvgIpc) is 3.14. The van der Waals surface area contributed by atoms with Crippen LogP contribution in [-0.2, 0) is 13.0 Å². The van der Waals surface area contributed by atoms with Gasteiger partial charge in [-0.2, -0.15) is 0 Å². The van der Waals surface area contributed by atoms with Gasteiger partial charge in [0.05, 0.1) is 5.69 Å². The van der Waals surface area contributed by atoms with Crippen LogP contribution < -0.4 is 0 Å². The second-order valence-electron chi connectivity index (χ2n) is 5.28. The zero-order chi connectivity index (χ0) is 15.3. The normalized spacial score (nSPS) is 12.8. The summed E-state index contributed by atoms with van der Waals surface area (Å²) >= 11 is 5.16. The topological polar surface area (TPSA) is 42.2 Å². The van der Waals surface area contributed by atoms with E-state index in [4.69, 9.17) is 0 Å². The first kappa shape index (κ1) is 13.8. The number of rotatable bonds is 2. The zero-order valence-electron chi connectivity index (χ0n) is 11.5. The summed E-state index contributed by atoms with van der Waals surface area (Å²) in [5, 5.41) is 11.5. The van der Waals surface area contributed by atoms with E-state index in [-0.39, 0.29) is 0 Å². The van der Waals surface area contributed by atoms with E-state index in [2.05, 4.69) is 28.1 Å². The smallest absolute Gasteiger partial charge is 0.352 e. The summed E-state index contributed by atoms with van der Waals surface area (Å²) in [4.78, 5) is 12.7. The minimum Gasteiger partial charge on any atom is -0.477 e. The van der Waals surface area contributed by atoms with Gasteiger partial charge in [0.2, 0.25) is 0 Å². The molecule has 1 aliphatic rings. The van der Waals surface area contributed by atoms with E-state index in [0.29, 0.717) is 12.2 Å². The lowest BCUT2D eigenvalue weighted by Crippen LogP contribution is -2.15. The zero-order valence-corrected chi connectivity index (χ0v) is 13.9. The standard InChI is InChI=1S/C17H12BrNO2S/c18-11-4-3-10-5-6-19-14(17(20)21)9-13(15-2-1-7-22-15)16(19)12(10)8-11/h1-4,7-9H,5-6H2,(H,20,21). The first-order valence-electron chi connectivity index (χ1n) is 6.94. The summed E-state index contributed by atoms with van der Waals surface area (Å²) in [6, 6.07) is 12.1. The van der Waals surface area contributed by atoms with Gasteiger partial charge in [-0.3, -0.25) is 0 Å². The molecular weight excluding hydrogens is 362 g/mol. The van der Waals surface area contributed by atoms with Gasteiger partial charge in [-0.25, -0.2) is 4.79 Å². The number of benzene rings is 1. The third-order valence-corrected chi connectivity index (χ3v) is 5.43. The highest BCUT2D eigenvalue weighted by Gasteiger charge is 2.26. The van der Waals surface area contributed by atoms with Crippen LogP contribution in [-0.4, -0.2) is 15.6 Å². The van der Waals surface area contributed by atoms with Gasteiger partial charge in [-0.1, -0.05) is 28.1 Å². The Labute approximate surface area is 140 Å². The van der Waals surface area contributed by atoms with Crippen molar-refractivity contribution in [1.29, 1.82) is 0 Å². The molecule has 3 nitrogen and oxygen atoms in total. The molecule has 0 aliphatic carbocycles. The first-order valence-corrected chi connectivity index (χ1v) is 8.62. The molecule has 0 amide bonds. The average molecular weight is 374 g/mol. The number of aromatic nitrogens is 1. The number of fused-ring (bicyclic) bond motifs is 3. The van der Waals surface area contributed by atoms with Crippen molar-refractivity contribution in [2.24, 2.45) is 0 Å². The molecule has 0 unspecified atom stereocenters. The van der Waals surface area contributed by atoms with Crippen LogP contribution in [0, 0.1) is 0 Å². The SMILES string of the molecule is O=C(O)c1cc(-c2cccs2)c2n1CCc1ccc(Br)cc1-2. The minimum absolute atomic E-state index is 0.365. The van der Waals surface area contributed by atoms with Gasteiger partial charge in [-0.15, -0.1) is 11.3 Å². The van der Waals surface area contributed by atoms with Gasteiger partial charge in [0, 0.05) is 27.0 Å². The molecular formula is C17H12BrNO2S. The quantitative estimate of drug-likeness (QED) is 0.693. The molecule has 2 aromatic heterocycles. The Bertz CT molecular complexity index is 880. The van der Waals surface area contributed by atoms with E-state index >= 15 is 0 Å². The summed E-state index contributed by atoms with van der Waals surface area (Å²) in [5.41, 5.74) is 4.78. The summed E-state index contributed by atoms with van der Waals surface area (Å²) in [7, 11) is 0. The highest BCUT2D eigenvalue weighted by molar-refractivity contribution is 9.10. The Morgan fingerprint density at radius 2 is 2.09 bits per heavy atom. The lowest BCUT2D eigenvalue weighted by atomic mass is 9.96. The monoisotopic (exact) mass is 373 g/mol. The molecule has 0 spiro atoms. The number of carbonyl (C=O) groups is 1. The molecule has 0 fully saturated rings. The van der Waals surface area contributed by atoms with Crippen molar-refractivity contribution >= 4 is 33.2 Å². The number of carboxylic acids is 1. The lowest BCUT2D eigenvalue weighted by Gasteiger charge is -2.22. The number of nitrogens with zero attached hydrogens (tertiary/aromatic N) is 1. The first-order chi connectivity index (χ1) is 10.6. The van der Waals surface area contributed by atoms with Gasteiger partial charge in [-0.05, 0) is 41.6 Å². The molecule has 1 N–H and O–H groups in total. The molecule has 1 aliphatic heterocycles. The van der Waals surface area contributed by atoms with Crippen LogP contribution in [0.2, 0.25) is 0 Å². The highest BCUT2D eigenvalue weighted by atomic mass is 79.9. The van der Waals surface area contributed by atoms with Crippen LogP contribution in [0.4, 0.5) is 0 Å². The van der Waals surface area contributed by atoms with E-state index in [9.17, 15) is 9.90 Å². The number of thiophene rings is 1. The maximum atomic E-state index is 11.6. The number of halogens is 1. The molecule has 4 rings (SSSR count). The molecule has 110 valence electrons. The Morgan fingerprint density at radius 3 is 2.82 bits per heavy atom. The summed E-state index contributed by atoms with van der Waals surface area (Å²) in [5.74, 6) is -0.873. The summed E-state index contributed by atoms with van der Waals surface area (Å²) in [6.45, 7) is 0.705. The molecule has 0 atom stereocenters. The van der Waals surface area contributed by atoms with E-state index in [1.54, 1.807) is 17.4 Å². The Kier molecular flexibility index (Phi) is 3.20. The fourth-order valence-corrected chi connectivity index (χ4v) is 4.19. The number of aromatic carboxylic acids is 1. The molecule has 5 heteroatoms. The summed E-state index contributed by atoms with van der Waals surface area (Å²) < 4.78 is 2.95. The van der Waals surface area contributed by atoms with Crippen LogP contribution in [0.5, 0.6) is 0 Å². The third kappa shape index (κ3) is 2.04. The lowest BCUT2D eigenvalue weighted by molar-refractivity contribution is 0.0685. The van der Waals surface area contributed by atoms with E-state index < -0.39 is 5.97 Å². The Balaban J connectivity index is 2.05. The van der Waals surface area contributed by atoms with Crippen molar-refractivity contribution in [2.75, 3.05) is 0 Å². The van der Waals surface area contributed by atoms with Gasteiger partial charge in [0.1, 0.15) is 5.69 Å². The van der Waals surface area contributed by atoms with Crippen molar-refractivity contribution in [2.45, 2.75) is 13.0 Å². The fraction of sp³-hybridized carbons (Fsp3) is 0.118. The van der Waals surface area contributed by atoms with Crippen LogP contribution in [0.3, 0.4) is 0 Å². The van der Waals surface area contributed by atoms with Gasteiger partial charge < -0.3 is 9.67 Å². The van der Waals surface area contributed by atoms with Crippen molar-refractivity contribution in [1.82, 2.24) is 4.57 Å². The van der Waals surface area contributed by atoms with Crippen LogP contribution >= 0.6 is 27.3 Å². The highest BCUT2D eigenvalue weighted by Crippen LogP contribution is 2.42. The molecule has 22 heavy (non-hydrogen) atoms. The number of hydrogen-bond donors (Lipinski definition) is 1. The van der Waals surface area contributed by atoms with Crippen LogP contribution in [0.25, 0.3) is 21.7 Å². The van der Waals surface area contributed by atoms with Crippen molar-refractivity contribution < 1.29 is 9.90 Å². The maximum absolute atomic E-state index is 11.6. The molecule has 0 saturated carbocycles. The van der Waals surface area contributed by atoms with Gasteiger partial charge in [0.15, 0.2) is 0 Å². The van der Waals surface area contributed by atoms with Crippen molar-refractivity contribution in [3.63, 3.8) is 0 Å². The van der Waals surface area contributed by atoms with Crippen molar-refractivity contribution in [3.05, 3.63) is 57.5 Å². The molecule has 3 heterocycles. The molecule has 1 aromatic carbocycles. The Hall–Kier alpha value is -1.85. The van der Waals surface area contributed by atoms with Crippen molar-refractivity contribution in [3.8, 4) is 21.7 Å². The van der Waals surface area contributed by atoms with Crippen LogP contribution in [0.15, 0.2) is 46.3 Å². The maximum Gasteiger partial charge on any atom is 0.352 e. The third-order valence-electron chi connectivity index (χ3n) is 4.03. The number of hydrogen-bond acceptors (Lipinski definition) is 2. The molecule has 0 saturated heterocycles. The van der Waals surface area contributed by atoms with Gasteiger partial charge in [0.25, 0.3) is 0 Å². The predicted molar refractivity (Wildman–Crippen MR) is 91.5 cm³/mol. The Morgan fingerprint density at radius 1 is 1.23 bits per heavy atom. The van der Waals surface area contributed by atoms with E-state index in [1.807, 2.05) is 28.1 Å². The van der Waals surface area contributed by atoms with Gasteiger partial charge >= 0.3 is 5.97 Å². The molecule has 0 radical (unpaired) electrons. The fourth-order valence-electron chi connectivity index (χ4n) is 3.09. The largest absolute Gasteiger partial charge is 0.477 e. The molecule has 0 bridgehead atoms. The molecule has 3 aromatic rings. The van der Waals surface area contributed by atoms with E-state index in [1.165, 1.54) is 5.56 Å².